The van der Waals surface area contributed by atoms with E-state index in [1.54, 1.807) is 0 Å². The van der Waals surface area contributed by atoms with Crippen molar-refractivity contribution >= 4 is 0 Å². The topological polar surface area (TPSA) is 21.9 Å². The van der Waals surface area contributed by atoms with Gasteiger partial charge in [0.2, 0.25) is 0 Å². The molecule has 1 atom stereocenters. The second kappa shape index (κ2) is 3.55. The van der Waals surface area contributed by atoms with E-state index in [0.29, 0.717) is 0 Å². The quantitative estimate of drug-likeness (QED) is 0.470. The van der Waals surface area contributed by atoms with Gasteiger partial charge < -0.3 is 4.48 Å². The van der Waals surface area contributed by atoms with Crippen LogP contribution in [-0.2, 0) is 0 Å². The van der Waals surface area contributed by atoms with Crippen molar-refractivity contribution in [2.75, 3.05) is 26.7 Å². The van der Waals surface area contributed by atoms with Crippen LogP contribution in [0.5, 0.6) is 0 Å². The minimum atomic E-state index is 0.773. The maximum atomic E-state index is 3.42. The number of likely N-dealkylation sites (N-methyl/N-ethyl adjacent to an activating group) is 1. The first kappa shape index (κ1) is 9.01. The zero-order valence-electron chi connectivity index (χ0n) is 8.06. The van der Waals surface area contributed by atoms with Crippen LogP contribution in [0.15, 0.2) is 0 Å². The van der Waals surface area contributed by atoms with Crippen molar-refractivity contribution in [2.45, 2.75) is 32.9 Å². The van der Waals surface area contributed by atoms with E-state index in [2.05, 4.69) is 26.2 Å². The van der Waals surface area contributed by atoms with Crippen molar-refractivity contribution in [2.24, 2.45) is 0 Å². The molecule has 66 valence electrons. The molecule has 1 N–H and O–H groups in total. The van der Waals surface area contributed by atoms with E-state index in [1.165, 1.54) is 37.0 Å². The van der Waals surface area contributed by atoms with Gasteiger partial charge in [0.15, 0.2) is 6.17 Å². The van der Waals surface area contributed by atoms with Gasteiger partial charge in [0.05, 0.1) is 26.7 Å². The Bertz CT molecular complexity index is 113. The van der Waals surface area contributed by atoms with Gasteiger partial charge in [-0.25, -0.2) is 0 Å². The molecule has 0 bridgehead atoms. The van der Waals surface area contributed by atoms with Crippen molar-refractivity contribution < 1.29 is 4.48 Å². The lowest BCUT2D eigenvalue weighted by molar-refractivity contribution is -0.920. The van der Waals surface area contributed by atoms with Gasteiger partial charge in [0.25, 0.3) is 0 Å². The fraction of sp³-hybridized carbons (Fsp3) is 1.00. The lowest BCUT2D eigenvalue weighted by Crippen LogP contribution is -2.49. The largest absolute Gasteiger partial charge is 0.310 e. The van der Waals surface area contributed by atoms with Gasteiger partial charge in [0, 0.05) is 0 Å². The summed E-state index contributed by atoms with van der Waals surface area (Å²) in [4.78, 5) is 0. The molecule has 2 nitrogen and oxygen atoms in total. The summed E-state index contributed by atoms with van der Waals surface area (Å²) in [7, 11) is 2.37. The first-order valence-electron chi connectivity index (χ1n) is 4.80. The fourth-order valence-corrected chi connectivity index (χ4v) is 1.94. The maximum Gasteiger partial charge on any atom is 0.155 e. The predicted molar refractivity (Wildman–Crippen MR) is 48.3 cm³/mol. The molecule has 0 aromatic rings. The highest BCUT2D eigenvalue weighted by molar-refractivity contribution is 4.73. The lowest BCUT2D eigenvalue weighted by atomic mass is 10.3. The number of nitrogens with zero attached hydrogens (tertiary/aromatic N) is 1. The van der Waals surface area contributed by atoms with Gasteiger partial charge in [-0.05, 0) is 12.8 Å². The minimum absolute atomic E-state index is 0.773. The Morgan fingerprint density at radius 1 is 1.27 bits per heavy atom. The van der Waals surface area contributed by atoms with Gasteiger partial charge in [-0.15, -0.1) is 0 Å². The molecule has 2 heteroatoms. The fourth-order valence-electron chi connectivity index (χ4n) is 1.94. The van der Waals surface area contributed by atoms with Gasteiger partial charge in [-0.3, -0.25) is 5.32 Å². The molecule has 11 heavy (non-hydrogen) atoms. The second-order valence-electron chi connectivity index (χ2n) is 3.85. The Hall–Kier alpha value is -0.0800. The molecule has 1 rings (SSSR count). The van der Waals surface area contributed by atoms with Crippen LogP contribution in [0.1, 0.15) is 26.7 Å². The van der Waals surface area contributed by atoms with Crippen LogP contribution in [0.25, 0.3) is 0 Å². The number of nitrogens with one attached hydrogen (secondary N) is 1. The monoisotopic (exact) mass is 157 g/mol. The van der Waals surface area contributed by atoms with Crippen LogP contribution in [0.2, 0.25) is 0 Å². The summed E-state index contributed by atoms with van der Waals surface area (Å²) < 4.78 is 1.24. The number of hydrogen-bond donors (Lipinski definition) is 1. The van der Waals surface area contributed by atoms with Crippen LogP contribution in [0.3, 0.4) is 0 Å². The smallest absolute Gasteiger partial charge is 0.155 e. The van der Waals surface area contributed by atoms with Crippen LogP contribution in [0, 0.1) is 0 Å². The summed E-state index contributed by atoms with van der Waals surface area (Å²) in [6.45, 7) is 8.43. The molecule has 1 unspecified atom stereocenters. The van der Waals surface area contributed by atoms with Crippen LogP contribution < -0.4 is 5.32 Å². The SMILES string of the molecule is CCC[N+](C)(CCC)C1CN1. The van der Waals surface area contributed by atoms with Gasteiger partial charge in [-0.1, -0.05) is 13.8 Å². The molecule has 1 heterocycles. The van der Waals surface area contributed by atoms with E-state index < -0.39 is 0 Å². The highest BCUT2D eigenvalue weighted by atomic mass is 15.5. The minimum Gasteiger partial charge on any atom is -0.310 e. The maximum absolute atomic E-state index is 3.42. The van der Waals surface area contributed by atoms with Crippen LogP contribution in [-0.4, -0.2) is 37.3 Å². The Morgan fingerprint density at radius 3 is 2.00 bits per heavy atom. The molecule has 0 spiro atoms. The summed E-state index contributed by atoms with van der Waals surface area (Å²) in [5.74, 6) is 0. The van der Waals surface area contributed by atoms with Gasteiger partial charge in [-0.2, -0.15) is 0 Å². The van der Waals surface area contributed by atoms with E-state index in [4.69, 9.17) is 0 Å². The van der Waals surface area contributed by atoms with Crippen molar-refractivity contribution in [1.29, 1.82) is 0 Å². The molecule has 1 saturated heterocycles. The second-order valence-corrected chi connectivity index (χ2v) is 3.85. The molecule has 0 aliphatic carbocycles. The molecule has 1 fully saturated rings. The molecule has 0 amide bonds. The van der Waals surface area contributed by atoms with Crippen molar-refractivity contribution in [3.8, 4) is 0 Å². The third-order valence-corrected chi connectivity index (χ3v) is 2.61. The Balaban J connectivity index is 2.39. The lowest BCUT2D eigenvalue weighted by Gasteiger charge is -2.33. The van der Waals surface area contributed by atoms with Crippen molar-refractivity contribution in [1.82, 2.24) is 5.32 Å². The molecule has 0 aromatic carbocycles. The third-order valence-electron chi connectivity index (χ3n) is 2.61. The summed E-state index contributed by atoms with van der Waals surface area (Å²) in [6, 6.07) is 0. The van der Waals surface area contributed by atoms with Crippen molar-refractivity contribution in [3.05, 3.63) is 0 Å². The molecular formula is C9H21N2+. The Morgan fingerprint density at radius 2 is 1.73 bits per heavy atom. The molecule has 0 radical (unpaired) electrons. The molecule has 1 aliphatic rings. The van der Waals surface area contributed by atoms with Crippen LogP contribution in [0.4, 0.5) is 0 Å². The first-order valence-corrected chi connectivity index (χ1v) is 4.80. The molecule has 1 aliphatic heterocycles. The number of rotatable bonds is 5. The summed E-state index contributed by atoms with van der Waals surface area (Å²) in [5.41, 5.74) is 0. The average molecular weight is 157 g/mol. The Labute approximate surface area is 70.2 Å². The average Bonchev–Trinajstić information content (AvgIpc) is 2.68. The summed E-state index contributed by atoms with van der Waals surface area (Å²) in [6.07, 6.45) is 3.37. The highest BCUT2D eigenvalue weighted by Gasteiger charge is 2.39. The van der Waals surface area contributed by atoms with Gasteiger partial charge >= 0.3 is 0 Å². The summed E-state index contributed by atoms with van der Waals surface area (Å²) in [5, 5.41) is 3.42. The molecule has 0 saturated carbocycles. The normalized spacial score (nSPS) is 23.7. The third kappa shape index (κ3) is 2.17. The number of quaternary nitrogens is 1. The summed E-state index contributed by atoms with van der Waals surface area (Å²) >= 11 is 0. The predicted octanol–water partition coefficient (Wildman–Crippen LogP) is 1.18. The van der Waals surface area contributed by atoms with E-state index in [-0.39, 0.29) is 0 Å². The molecular weight excluding hydrogens is 136 g/mol. The highest BCUT2D eigenvalue weighted by Crippen LogP contribution is 2.16. The van der Waals surface area contributed by atoms with E-state index in [9.17, 15) is 0 Å². The van der Waals surface area contributed by atoms with E-state index in [0.717, 1.165) is 6.17 Å². The van der Waals surface area contributed by atoms with Crippen LogP contribution >= 0.6 is 0 Å². The van der Waals surface area contributed by atoms with E-state index >= 15 is 0 Å². The van der Waals surface area contributed by atoms with Crippen molar-refractivity contribution in [3.63, 3.8) is 0 Å². The zero-order chi connectivity index (χ0) is 8.32. The Kier molecular flexibility index (Phi) is 2.90. The molecule has 0 aromatic heterocycles. The zero-order valence-corrected chi connectivity index (χ0v) is 8.06. The number of hydrogen-bond acceptors (Lipinski definition) is 1. The van der Waals surface area contributed by atoms with E-state index in [1.807, 2.05) is 0 Å². The first-order chi connectivity index (χ1) is 5.23. The van der Waals surface area contributed by atoms with Gasteiger partial charge in [0.1, 0.15) is 0 Å². The standard InChI is InChI=1S/C9H21N2/c1-4-6-11(3,7-5-2)9-8-10-9/h9-10H,4-8H2,1-3H3/q+1.